The van der Waals surface area contributed by atoms with E-state index in [1.807, 2.05) is 6.07 Å². The van der Waals surface area contributed by atoms with Crippen LogP contribution in [0.4, 0.5) is 14.5 Å². The number of para-hydroxylation sites is 1. The summed E-state index contributed by atoms with van der Waals surface area (Å²) in [6.45, 7) is 4.11. The first-order valence-electron chi connectivity index (χ1n) is 10.6. The molecular formula is C24H23F2N3OS2. The van der Waals surface area contributed by atoms with Crippen LogP contribution >= 0.6 is 23.1 Å². The molecule has 1 atom stereocenters. The van der Waals surface area contributed by atoms with Crippen LogP contribution in [0.3, 0.4) is 0 Å². The monoisotopic (exact) mass is 471 g/mol. The number of carbonyl (C=O) groups excluding carboxylic acids is 1. The van der Waals surface area contributed by atoms with E-state index in [9.17, 15) is 18.8 Å². The fourth-order valence-electron chi connectivity index (χ4n) is 4.41. The average Bonchev–Trinajstić information content (AvgIpc) is 3.17. The second-order valence-electron chi connectivity index (χ2n) is 7.63. The number of rotatable bonds is 5. The van der Waals surface area contributed by atoms with E-state index < -0.39 is 17.6 Å². The molecule has 1 aromatic heterocycles. The van der Waals surface area contributed by atoms with E-state index in [1.54, 1.807) is 23.1 Å². The number of aryl methyl sites for hydroxylation is 1. The Labute approximate surface area is 194 Å². The van der Waals surface area contributed by atoms with Gasteiger partial charge >= 0.3 is 0 Å². The van der Waals surface area contributed by atoms with Gasteiger partial charge in [-0.2, -0.15) is 5.26 Å². The summed E-state index contributed by atoms with van der Waals surface area (Å²) in [5, 5.41) is 10.1. The summed E-state index contributed by atoms with van der Waals surface area (Å²) in [5.74, 6) is -1.49. The van der Waals surface area contributed by atoms with Gasteiger partial charge in [-0.3, -0.25) is 9.69 Å². The molecule has 1 aliphatic heterocycles. The number of Topliss-reactive ketones (excluding diaryl/α,β-unsaturated/α-hetero) is 1. The van der Waals surface area contributed by atoms with Crippen molar-refractivity contribution >= 4 is 34.6 Å². The lowest BCUT2D eigenvalue weighted by Gasteiger charge is -2.39. The molecule has 4 nitrogen and oxygen atoms in total. The molecule has 166 valence electrons. The highest BCUT2D eigenvalue weighted by Gasteiger charge is 2.42. The van der Waals surface area contributed by atoms with Crippen molar-refractivity contribution in [3.63, 3.8) is 0 Å². The standard InChI is InChI=1S/C24H23F2N3OS2/c1-3-13-11-14(24(32-13)31-4-2)20-15(12-27)23(28)29(18-9-6-10-19(30)21(18)20)22-16(25)7-5-8-17(22)26/h5,7-8,11,20H,3-4,6,9-10,28H2,1-2H3/t20-/m1/s1. The molecule has 0 saturated carbocycles. The number of thiophene rings is 1. The highest BCUT2D eigenvalue weighted by atomic mass is 32.2. The van der Waals surface area contributed by atoms with E-state index >= 15 is 0 Å². The van der Waals surface area contributed by atoms with Gasteiger partial charge in [0.05, 0.1) is 21.8 Å². The third-order valence-corrected chi connectivity index (χ3v) is 8.27. The van der Waals surface area contributed by atoms with Crippen molar-refractivity contribution in [1.29, 1.82) is 5.26 Å². The van der Waals surface area contributed by atoms with Gasteiger partial charge in [-0.25, -0.2) is 8.78 Å². The number of allylic oxidation sites excluding steroid dienone is 3. The van der Waals surface area contributed by atoms with Gasteiger partial charge in [0.2, 0.25) is 0 Å². The van der Waals surface area contributed by atoms with E-state index in [0.29, 0.717) is 30.5 Å². The van der Waals surface area contributed by atoms with E-state index in [2.05, 4.69) is 19.9 Å². The van der Waals surface area contributed by atoms with Crippen LogP contribution in [0.1, 0.15) is 49.5 Å². The summed E-state index contributed by atoms with van der Waals surface area (Å²) in [7, 11) is 0. The predicted octanol–water partition coefficient (Wildman–Crippen LogP) is 6.01. The number of hydrogen-bond donors (Lipinski definition) is 1. The summed E-state index contributed by atoms with van der Waals surface area (Å²) >= 11 is 3.32. The molecular weight excluding hydrogens is 448 g/mol. The molecule has 2 heterocycles. The van der Waals surface area contributed by atoms with Crippen molar-refractivity contribution in [3.05, 3.63) is 69.0 Å². The van der Waals surface area contributed by atoms with Gasteiger partial charge in [-0.15, -0.1) is 23.1 Å². The van der Waals surface area contributed by atoms with Crippen LogP contribution in [0, 0.1) is 23.0 Å². The minimum Gasteiger partial charge on any atom is -0.384 e. The summed E-state index contributed by atoms with van der Waals surface area (Å²) in [6.07, 6.45) is 2.18. The zero-order valence-corrected chi connectivity index (χ0v) is 19.5. The lowest BCUT2D eigenvalue weighted by atomic mass is 9.76. The summed E-state index contributed by atoms with van der Waals surface area (Å²) in [4.78, 5) is 15.6. The van der Waals surface area contributed by atoms with Crippen LogP contribution in [0.25, 0.3) is 0 Å². The van der Waals surface area contributed by atoms with E-state index in [4.69, 9.17) is 5.73 Å². The van der Waals surface area contributed by atoms with Gasteiger partial charge in [-0.05, 0) is 48.8 Å². The van der Waals surface area contributed by atoms with Crippen molar-refractivity contribution in [2.45, 2.75) is 49.7 Å². The molecule has 2 aromatic rings. The smallest absolute Gasteiger partial charge is 0.161 e. The average molecular weight is 472 g/mol. The fraction of sp³-hybridized carbons (Fsp3) is 0.333. The van der Waals surface area contributed by atoms with Crippen LogP contribution in [-0.4, -0.2) is 11.5 Å². The Morgan fingerprint density at radius 3 is 2.62 bits per heavy atom. The molecule has 0 spiro atoms. The number of anilines is 1. The number of carbonyl (C=O) groups is 1. The van der Waals surface area contributed by atoms with E-state index in [0.717, 1.165) is 39.0 Å². The Bertz CT molecular complexity index is 1170. The van der Waals surface area contributed by atoms with Gasteiger partial charge in [0, 0.05) is 22.6 Å². The number of nitriles is 1. The lowest BCUT2D eigenvalue weighted by molar-refractivity contribution is -0.116. The van der Waals surface area contributed by atoms with Crippen molar-refractivity contribution in [2.24, 2.45) is 5.73 Å². The van der Waals surface area contributed by atoms with Crippen LogP contribution in [0.2, 0.25) is 0 Å². The number of halogens is 2. The second-order valence-corrected chi connectivity index (χ2v) is 10.3. The number of benzene rings is 1. The Kier molecular flexibility index (Phi) is 6.40. The Morgan fingerprint density at radius 1 is 1.28 bits per heavy atom. The van der Waals surface area contributed by atoms with Crippen molar-refractivity contribution in [1.82, 2.24) is 0 Å². The normalized spacial score (nSPS) is 18.8. The van der Waals surface area contributed by atoms with Gasteiger partial charge in [0.15, 0.2) is 5.78 Å². The zero-order valence-electron chi connectivity index (χ0n) is 17.9. The Morgan fingerprint density at radius 2 is 2.00 bits per heavy atom. The molecule has 2 aliphatic rings. The maximum Gasteiger partial charge on any atom is 0.161 e. The zero-order chi connectivity index (χ0) is 23.0. The van der Waals surface area contributed by atoms with E-state index in [1.165, 1.54) is 11.0 Å². The molecule has 1 aromatic carbocycles. The molecule has 1 aliphatic carbocycles. The molecule has 0 fully saturated rings. The van der Waals surface area contributed by atoms with Crippen molar-refractivity contribution in [3.8, 4) is 6.07 Å². The van der Waals surface area contributed by atoms with Gasteiger partial charge in [0.1, 0.15) is 23.1 Å². The van der Waals surface area contributed by atoms with Gasteiger partial charge in [0.25, 0.3) is 0 Å². The number of ketones is 1. The molecule has 0 unspecified atom stereocenters. The quantitative estimate of drug-likeness (QED) is 0.541. The molecule has 0 amide bonds. The van der Waals surface area contributed by atoms with Gasteiger partial charge < -0.3 is 5.73 Å². The first kappa shape index (κ1) is 22.6. The highest BCUT2D eigenvalue weighted by molar-refractivity contribution is 8.01. The third-order valence-electron chi connectivity index (χ3n) is 5.79. The summed E-state index contributed by atoms with van der Waals surface area (Å²) in [5.41, 5.74) is 8.06. The molecule has 0 bridgehead atoms. The molecule has 2 N–H and O–H groups in total. The first-order chi connectivity index (χ1) is 15.4. The SMILES string of the molecule is CCSc1sc(CC)cc1[C@@H]1C(C#N)=C(N)N(c2c(F)cccc2F)C2=C1C(=O)CCC2. The Hall–Kier alpha value is -2.63. The Balaban J connectivity index is 2.01. The van der Waals surface area contributed by atoms with Crippen LogP contribution in [0.15, 0.2) is 51.1 Å². The van der Waals surface area contributed by atoms with Gasteiger partial charge in [-0.1, -0.05) is 19.9 Å². The van der Waals surface area contributed by atoms with Crippen LogP contribution < -0.4 is 10.6 Å². The second kappa shape index (κ2) is 9.08. The summed E-state index contributed by atoms with van der Waals surface area (Å²) < 4.78 is 30.6. The molecule has 0 saturated heterocycles. The molecule has 4 rings (SSSR count). The number of nitrogens with zero attached hydrogens (tertiary/aromatic N) is 2. The van der Waals surface area contributed by atoms with E-state index in [-0.39, 0.29) is 22.9 Å². The molecule has 8 heteroatoms. The lowest BCUT2D eigenvalue weighted by Crippen LogP contribution is -2.39. The minimum atomic E-state index is -0.792. The fourth-order valence-corrected chi connectivity index (χ4v) is 6.79. The topological polar surface area (TPSA) is 70.1 Å². The van der Waals surface area contributed by atoms with Crippen molar-refractivity contribution < 1.29 is 13.6 Å². The minimum absolute atomic E-state index is 0.0216. The largest absolute Gasteiger partial charge is 0.384 e. The number of hydrogen-bond acceptors (Lipinski definition) is 6. The van der Waals surface area contributed by atoms with Crippen LogP contribution in [-0.2, 0) is 11.2 Å². The maximum atomic E-state index is 14.8. The number of nitrogens with two attached hydrogens (primary N) is 1. The molecule has 0 radical (unpaired) electrons. The molecule has 32 heavy (non-hydrogen) atoms. The van der Waals surface area contributed by atoms with Crippen molar-refractivity contribution in [2.75, 3.05) is 10.7 Å². The predicted molar refractivity (Wildman–Crippen MR) is 124 cm³/mol. The van der Waals surface area contributed by atoms with Crippen LogP contribution in [0.5, 0.6) is 0 Å². The highest BCUT2D eigenvalue weighted by Crippen LogP contribution is 2.50. The number of thioether (sulfide) groups is 1. The maximum absolute atomic E-state index is 14.8. The third kappa shape index (κ3) is 3.63. The summed E-state index contributed by atoms with van der Waals surface area (Å²) in [6, 6.07) is 7.79. The first-order valence-corrected chi connectivity index (χ1v) is 12.4.